The van der Waals surface area contributed by atoms with E-state index in [9.17, 15) is 14.4 Å². The molecular weight excluding hydrogens is 348 g/mol. The van der Waals surface area contributed by atoms with E-state index >= 15 is 0 Å². The van der Waals surface area contributed by atoms with Crippen molar-refractivity contribution in [2.45, 2.75) is 19.9 Å². The number of oxazole rings is 1. The van der Waals surface area contributed by atoms with Crippen molar-refractivity contribution in [3.8, 4) is 5.75 Å². The summed E-state index contributed by atoms with van der Waals surface area (Å²) in [6, 6.07) is 12.0. The maximum Gasteiger partial charge on any atom is 0.419 e. The standard InChI is InChI=1S/C20H20N2O5/c1-13-8-9-14(19(24)21(2)3)12-17(13)26-18(23)10-11-22-15-6-4-5-7-16(15)27-20(22)25/h4-9,12H,10-11H2,1-3H3. The van der Waals surface area contributed by atoms with Gasteiger partial charge in [-0.05, 0) is 36.8 Å². The van der Waals surface area contributed by atoms with Crippen molar-refractivity contribution in [3.05, 3.63) is 64.1 Å². The molecule has 2 aromatic carbocycles. The summed E-state index contributed by atoms with van der Waals surface area (Å²) in [5.41, 5.74) is 2.28. The minimum absolute atomic E-state index is 0.00523. The molecule has 140 valence electrons. The van der Waals surface area contributed by atoms with Crippen LogP contribution in [-0.4, -0.2) is 35.4 Å². The van der Waals surface area contributed by atoms with Gasteiger partial charge in [0, 0.05) is 26.2 Å². The van der Waals surface area contributed by atoms with Crippen LogP contribution in [0, 0.1) is 6.92 Å². The fraction of sp³-hybridized carbons (Fsp3) is 0.250. The first-order valence-corrected chi connectivity index (χ1v) is 8.48. The summed E-state index contributed by atoms with van der Waals surface area (Å²) in [5.74, 6) is -0.857. The molecule has 0 fully saturated rings. The van der Waals surface area contributed by atoms with E-state index in [1.54, 1.807) is 63.5 Å². The number of hydrogen-bond acceptors (Lipinski definition) is 5. The Morgan fingerprint density at radius 2 is 1.89 bits per heavy atom. The lowest BCUT2D eigenvalue weighted by atomic mass is 10.1. The molecule has 0 unspecified atom stereocenters. The van der Waals surface area contributed by atoms with Crippen LogP contribution in [0.4, 0.5) is 0 Å². The molecule has 0 aliphatic heterocycles. The summed E-state index contributed by atoms with van der Waals surface area (Å²) < 4.78 is 12.0. The zero-order valence-corrected chi connectivity index (χ0v) is 15.4. The quantitative estimate of drug-likeness (QED) is 0.511. The number of para-hydroxylation sites is 2. The Morgan fingerprint density at radius 3 is 2.63 bits per heavy atom. The van der Waals surface area contributed by atoms with E-state index in [-0.39, 0.29) is 18.9 Å². The van der Waals surface area contributed by atoms with E-state index in [4.69, 9.17) is 9.15 Å². The van der Waals surface area contributed by atoms with Gasteiger partial charge in [-0.3, -0.25) is 14.2 Å². The zero-order chi connectivity index (χ0) is 19.6. The summed E-state index contributed by atoms with van der Waals surface area (Å²) in [4.78, 5) is 37.7. The Morgan fingerprint density at radius 1 is 1.15 bits per heavy atom. The molecule has 7 nitrogen and oxygen atoms in total. The molecule has 1 heterocycles. The molecule has 0 spiro atoms. The molecule has 27 heavy (non-hydrogen) atoms. The van der Waals surface area contributed by atoms with Crippen LogP contribution >= 0.6 is 0 Å². The van der Waals surface area contributed by atoms with Gasteiger partial charge in [0.15, 0.2) is 5.58 Å². The first-order chi connectivity index (χ1) is 12.9. The Kier molecular flexibility index (Phi) is 5.12. The van der Waals surface area contributed by atoms with E-state index in [0.29, 0.717) is 22.4 Å². The highest BCUT2D eigenvalue weighted by molar-refractivity contribution is 5.94. The van der Waals surface area contributed by atoms with Gasteiger partial charge >= 0.3 is 11.7 Å². The minimum atomic E-state index is -0.515. The summed E-state index contributed by atoms with van der Waals surface area (Å²) in [6.45, 7) is 1.94. The van der Waals surface area contributed by atoms with Crippen LogP contribution in [0.15, 0.2) is 51.7 Å². The summed E-state index contributed by atoms with van der Waals surface area (Å²) in [6.07, 6.45) is -0.00523. The second kappa shape index (κ2) is 7.49. The lowest BCUT2D eigenvalue weighted by molar-refractivity contribution is -0.134. The van der Waals surface area contributed by atoms with Crippen molar-refractivity contribution >= 4 is 23.0 Å². The number of nitrogens with zero attached hydrogens (tertiary/aromatic N) is 2. The molecular formula is C20H20N2O5. The second-order valence-electron chi connectivity index (χ2n) is 6.39. The van der Waals surface area contributed by atoms with Crippen molar-refractivity contribution in [2.75, 3.05) is 14.1 Å². The molecule has 0 atom stereocenters. The number of carbonyl (C=O) groups is 2. The SMILES string of the molecule is Cc1ccc(C(=O)N(C)C)cc1OC(=O)CCn1c(=O)oc2ccccc21. The number of benzene rings is 2. The van der Waals surface area contributed by atoms with Gasteiger partial charge in [-0.1, -0.05) is 18.2 Å². The van der Waals surface area contributed by atoms with Crippen LogP contribution in [0.25, 0.3) is 11.1 Å². The third-order valence-corrected chi connectivity index (χ3v) is 4.18. The molecule has 0 saturated carbocycles. The summed E-state index contributed by atoms with van der Waals surface area (Å²) in [5, 5.41) is 0. The smallest absolute Gasteiger partial charge is 0.419 e. The summed E-state index contributed by atoms with van der Waals surface area (Å²) >= 11 is 0. The van der Waals surface area contributed by atoms with Gasteiger partial charge in [-0.15, -0.1) is 0 Å². The first kappa shape index (κ1) is 18.4. The van der Waals surface area contributed by atoms with E-state index in [2.05, 4.69) is 0 Å². The maximum absolute atomic E-state index is 12.3. The molecule has 3 rings (SSSR count). The molecule has 1 aromatic heterocycles. The Labute approximate surface area is 155 Å². The lowest BCUT2D eigenvalue weighted by Gasteiger charge is -2.13. The predicted molar refractivity (Wildman–Crippen MR) is 99.9 cm³/mol. The molecule has 0 saturated heterocycles. The zero-order valence-electron chi connectivity index (χ0n) is 15.4. The first-order valence-electron chi connectivity index (χ1n) is 8.48. The number of hydrogen-bond donors (Lipinski definition) is 0. The largest absolute Gasteiger partial charge is 0.426 e. The summed E-state index contributed by atoms with van der Waals surface area (Å²) in [7, 11) is 3.31. The average Bonchev–Trinajstić information content (AvgIpc) is 2.96. The second-order valence-corrected chi connectivity index (χ2v) is 6.39. The van der Waals surface area contributed by atoms with Crippen molar-refractivity contribution in [1.29, 1.82) is 0 Å². The molecule has 7 heteroatoms. The van der Waals surface area contributed by atoms with Gasteiger partial charge in [0.1, 0.15) is 5.75 Å². The van der Waals surface area contributed by atoms with Crippen LogP contribution in [0.1, 0.15) is 22.3 Å². The highest BCUT2D eigenvalue weighted by Crippen LogP contribution is 2.21. The number of rotatable bonds is 5. The third-order valence-electron chi connectivity index (χ3n) is 4.18. The Bertz CT molecular complexity index is 1060. The molecule has 0 bridgehead atoms. The van der Waals surface area contributed by atoms with Crippen molar-refractivity contribution in [3.63, 3.8) is 0 Å². The Balaban J connectivity index is 1.72. The van der Waals surface area contributed by atoms with E-state index in [0.717, 1.165) is 5.56 Å². The fourth-order valence-corrected chi connectivity index (χ4v) is 2.70. The maximum atomic E-state index is 12.3. The van der Waals surface area contributed by atoms with Gasteiger partial charge in [0.25, 0.3) is 5.91 Å². The third kappa shape index (κ3) is 3.92. The number of fused-ring (bicyclic) bond motifs is 1. The highest BCUT2D eigenvalue weighted by Gasteiger charge is 2.15. The Hall–Kier alpha value is -3.35. The number of aromatic nitrogens is 1. The predicted octanol–water partition coefficient (Wildman–Crippen LogP) is 2.60. The van der Waals surface area contributed by atoms with E-state index in [1.807, 2.05) is 0 Å². The number of carbonyl (C=O) groups excluding carboxylic acids is 2. The van der Waals surface area contributed by atoms with E-state index < -0.39 is 11.7 Å². The van der Waals surface area contributed by atoms with Crippen molar-refractivity contribution < 1.29 is 18.7 Å². The van der Waals surface area contributed by atoms with Gasteiger partial charge in [-0.2, -0.15) is 0 Å². The van der Waals surface area contributed by atoms with Crippen LogP contribution in [0.3, 0.4) is 0 Å². The lowest BCUT2D eigenvalue weighted by Crippen LogP contribution is -2.22. The number of aryl methyl sites for hydroxylation is 2. The van der Waals surface area contributed by atoms with Crippen LogP contribution in [0.5, 0.6) is 5.75 Å². The molecule has 0 radical (unpaired) electrons. The molecule has 0 aliphatic rings. The normalized spacial score (nSPS) is 10.8. The van der Waals surface area contributed by atoms with Gasteiger partial charge in [0.05, 0.1) is 11.9 Å². The van der Waals surface area contributed by atoms with Crippen molar-refractivity contribution in [2.24, 2.45) is 0 Å². The average molecular weight is 368 g/mol. The fourth-order valence-electron chi connectivity index (χ4n) is 2.70. The van der Waals surface area contributed by atoms with Gasteiger partial charge in [0.2, 0.25) is 0 Å². The number of amides is 1. The number of ether oxygens (including phenoxy) is 1. The van der Waals surface area contributed by atoms with Crippen molar-refractivity contribution in [1.82, 2.24) is 9.47 Å². The molecule has 3 aromatic rings. The van der Waals surface area contributed by atoms with Crippen LogP contribution in [0.2, 0.25) is 0 Å². The van der Waals surface area contributed by atoms with Gasteiger partial charge < -0.3 is 14.1 Å². The topological polar surface area (TPSA) is 81.8 Å². The van der Waals surface area contributed by atoms with Crippen LogP contribution in [-0.2, 0) is 11.3 Å². The monoisotopic (exact) mass is 368 g/mol. The van der Waals surface area contributed by atoms with Crippen LogP contribution < -0.4 is 10.5 Å². The number of esters is 1. The molecule has 0 N–H and O–H groups in total. The molecule has 0 aliphatic carbocycles. The molecule has 1 amide bonds. The van der Waals surface area contributed by atoms with Gasteiger partial charge in [-0.25, -0.2) is 4.79 Å². The van der Waals surface area contributed by atoms with E-state index in [1.165, 1.54) is 9.47 Å². The highest BCUT2D eigenvalue weighted by atomic mass is 16.5. The minimum Gasteiger partial charge on any atom is -0.426 e.